The zero-order valence-corrected chi connectivity index (χ0v) is 9.25. The Hall–Kier alpha value is -2.37. The van der Waals surface area contributed by atoms with Crippen LogP contribution in [0.1, 0.15) is 0 Å². The molecule has 0 fully saturated rings. The number of benzene rings is 1. The van der Waals surface area contributed by atoms with E-state index in [1.807, 2.05) is 0 Å². The SMILES string of the molecule is COC(=O)N(C(=O)NCC=O)c1ccccc1. The third-order valence-corrected chi connectivity index (χ3v) is 1.91. The highest BCUT2D eigenvalue weighted by atomic mass is 16.5. The van der Waals surface area contributed by atoms with Gasteiger partial charge in [-0.25, -0.2) is 9.59 Å². The second-order valence-electron chi connectivity index (χ2n) is 2.99. The van der Waals surface area contributed by atoms with Crippen molar-refractivity contribution >= 4 is 24.1 Å². The van der Waals surface area contributed by atoms with Gasteiger partial charge in [-0.05, 0) is 12.1 Å². The van der Waals surface area contributed by atoms with Crippen LogP contribution in [0.2, 0.25) is 0 Å². The van der Waals surface area contributed by atoms with Crippen molar-refractivity contribution in [3.05, 3.63) is 30.3 Å². The molecule has 0 spiro atoms. The van der Waals surface area contributed by atoms with E-state index in [1.165, 1.54) is 7.11 Å². The molecule has 1 aromatic rings. The van der Waals surface area contributed by atoms with Gasteiger partial charge >= 0.3 is 12.1 Å². The minimum atomic E-state index is -0.820. The number of hydrogen-bond donors (Lipinski definition) is 1. The molecule has 0 aromatic heterocycles. The van der Waals surface area contributed by atoms with Crippen molar-refractivity contribution in [1.82, 2.24) is 5.32 Å². The predicted molar refractivity (Wildman–Crippen MR) is 60.8 cm³/mol. The molecule has 0 saturated heterocycles. The third kappa shape index (κ3) is 3.30. The standard InChI is InChI=1S/C11H12N2O4/c1-17-11(16)13(10(15)12-7-8-14)9-5-3-2-4-6-9/h2-6,8H,7H2,1H3,(H,12,15). The molecule has 0 aliphatic rings. The first-order valence-corrected chi connectivity index (χ1v) is 4.85. The molecule has 0 aliphatic carbocycles. The summed E-state index contributed by atoms with van der Waals surface area (Å²) in [7, 11) is 1.17. The predicted octanol–water partition coefficient (Wildman–Crippen LogP) is 1.17. The summed E-state index contributed by atoms with van der Waals surface area (Å²) in [5, 5.41) is 2.26. The summed E-state index contributed by atoms with van der Waals surface area (Å²) in [4.78, 5) is 34.1. The molecule has 0 atom stereocenters. The van der Waals surface area contributed by atoms with Crippen molar-refractivity contribution in [3.63, 3.8) is 0 Å². The van der Waals surface area contributed by atoms with Crippen molar-refractivity contribution in [2.24, 2.45) is 0 Å². The Bertz CT molecular complexity index is 405. The normalized spacial score (nSPS) is 9.24. The average molecular weight is 236 g/mol. The van der Waals surface area contributed by atoms with Crippen molar-refractivity contribution in [2.75, 3.05) is 18.6 Å². The minimum Gasteiger partial charge on any atom is -0.452 e. The zero-order valence-electron chi connectivity index (χ0n) is 9.25. The number of carbonyl (C=O) groups is 3. The number of urea groups is 1. The van der Waals surface area contributed by atoms with Gasteiger partial charge in [-0.3, -0.25) is 0 Å². The summed E-state index contributed by atoms with van der Waals surface area (Å²) < 4.78 is 4.51. The van der Waals surface area contributed by atoms with Crippen LogP contribution in [0.5, 0.6) is 0 Å². The number of carbonyl (C=O) groups excluding carboxylic acids is 3. The average Bonchev–Trinajstić information content (AvgIpc) is 2.37. The number of nitrogens with zero attached hydrogens (tertiary/aromatic N) is 1. The molecule has 1 N–H and O–H groups in total. The van der Waals surface area contributed by atoms with Gasteiger partial charge in [-0.15, -0.1) is 0 Å². The summed E-state index contributed by atoms with van der Waals surface area (Å²) in [6, 6.07) is 7.56. The van der Waals surface area contributed by atoms with Crippen LogP contribution < -0.4 is 10.2 Å². The fraction of sp³-hybridized carbons (Fsp3) is 0.182. The third-order valence-electron chi connectivity index (χ3n) is 1.91. The Labute approximate surface area is 98.2 Å². The number of nitrogens with one attached hydrogen (secondary N) is 1. The molecule has 6 heteroatoms. The van der Waals surface area contributed by atoms with Crippen LogP contribution in [0, 0.1) is 0 Å². The molecule has 17 heavy (non-hydrogen) atoms. The van der Waals surface area contributed by atoms with E-state index in [-0.39, 0.29) is 6.54 Å². The number of rotatable bonds is 3. The number of imide groups is 1. The Morgan fingerprint density at radius 3 is 2.53 bits per heavy atom. The summed E-state index contributed by atoms with van der Waals surface area (Å²) in [6.07, 6.45) is -0.294. The van der Waals surface area contributed by atoms with E-state index >= 15 is 0 Å². The maximum atomic E-state index is 11.7. The molecule has 0 bridgehead atoms. The Kier molecular flexibility index (Phi) is 4.68. The smallest absolute Gasteiger partial charge is 0.422 e. The zero-order chi connectivity index (χ0) is 12.7. The maximum Gasteiger partial charge on any atom is 0.422 e. The van der Waals surface area contributed by atoms with Gasteiger partial charge in [0, 0.05) is 0 Å². The fourth-order valence-corrected chi connectivity index (χ4v) is 1.18. The van der Waals surface area contributed by atoms with Crippen LogP contribution >= 0.6 is 0 Å². The van der Waals surface area contributed by atoms with Crippen molar-refractivity contribution in [2.45, 2.75) is 0 Å². The lowest BCUT2D eigenvalue weighted by atomic mass is 10.3. The van der Waals surface area contributed by atoms with E-state index in [0.717, 1.165) is 4.90 Å². The van der Waals surface area contributed by atoms with E-state index < -0.39 is 12.1 Å². The quantitative estimate of drug-likeness (QED) is 0.799. The molecule has 0 radical (unpaired) electrons. The summed E-state index contributed by atoms with van der Waals surface area (Å²) in [5.41, 5.74) is 0.364. The largest absolute Gasteiger partial charge is 0.452 e. The number of ether oxygens (including phenoxy) is 1. The van der Waals surface area contributed by atoms with Crippen molar-refractivity contribution < 1.29 is 19.1 Å². The van der Waals surface area contributed by atoms with Crippen LogP contribution in [-0.4, -0.2) is 32.1 Å². The molecular weight excluding hydrogens is 224 g/mol. The summed E-state index contributed by atoms with van der Waals surface area (Å²) in [5.74, 6) is 0. The van der Waals surface area contributed by atoms with Gasteiger partial charge < -0.3 is 14.8 Å². The van der Waals surface area contributed by atoms with Crippen LogP contribution in [0.25, 0.3) is 0 Å². The summed E-state index contributed by atoms with van der Waals surface area (Å²) in [6.45, 7) is -0.167. The Morgan fingerprint density at radius 2 is 2.00 bits per heavy atom. The number of aldehydes is 1. The number of anilines is 1. The second kappa shape index (κ2) is 6.26. The van der Waals surface area contributed by atoms with E-state index in [4.69, 9.17) is 0 Å². The molecule has 0 aliphatic heterocycles. The fourth-order valence-electron chi connectivity index (χ4n) is 1.18. The van der Waals surface area contributed by atoms with Crippen LogP contribution in [0.3, 0.4) is 0 Å². The van der Waals surface area contributed by atoms with Gasteiger partial charge in [-0.1, -0.05) is 18.2 Å². The number of amides is 3. The first kappa shape index (κ1) is 12.7. The minimum absolute atomic E-state index is 0.167. The van der Waals surface area contributed by atoms with Crippen molar-refractivity contribution in [3.8, 4) is 0 Å². The highest BCUT2D eigenvalue weighted by Gasteiger charge is 2.23. The van der Waals surface area contributed by atoms with E-state index in [9.17, 15) is 14.4 Å². The molecule has 90 valence electrons. The number of hydrogen-bond acceptors (Lipinski definition) is 4. The van der Waals surface area contributed by atoms with Gasteiger partial charge in [-0.2, -0.15) is 4.90 Å². The lowest BCUT2D eigenvalue weighted by Gasteiger charge is -2.19. The van der Waals surface area contributed by atoms with Crippen LogP contribution in [0.15, 0.2) is 30.3 Å². The monoisotopic (exact) mass is 236 g/mol. The Balaban J connectivity index is 2.92. The molecule has 0 unspecified atom stereocenters. The van der Waals surface area contributed by atoms with Crippen LogP contribution in [-0.2, 0) is 9.53 Å². The lowest BCUT2D eigenvalue weighted by Crippen LogP contribution is -2.44. The van der Waals surface area contributed by atoms with Crippen LogP contribution in [0.4, 0.5) is 15.3 Å². The second-order valence-corrected chi connectivity index (χ2v) is 2.99. The lowest BCUT2D eigenvalue weighted by molar-refractivity contribution is -0.107. The molecule has 0 heterocycles. The molecule has 0 saturated carbocycles. The van der Waals surface area contributed by atoms with Crippen molar-refractivity contribution in [1.29, 1.82) is 0 Å². The highest BCUT2D eigenvalue weighted by molar-refractivity contribution is 6.11. The van der Waals surface area contributed by atoms with Gasteiger partial charge in [0.25, 0.3) is 0 Å². The number of methoxy groups -OCH3 is 1. The van der Waals surface area contributed by atoms with E-state index in [2.05, 4.69) is 10.1 Å². The van der Waals surface area contributed by atoms with E-state index in [0.29, 0.717) is 12.0 Å². The highest BCUT2D eigenvalue weighted by Crippen LogP contribution is 2.14. The summed E-state index contributed by atoms with van der Waals surface area (Å²) >= 11 is 0. The molecular formula is C11H12N2O4. The van der Waals surface area contributed by atoms with Gasteiger partial charge in [0.2, 0.25) is 0 Å². The first-order chi connectivity index (χ1) is 8.20. The van der Waals surface area contributed by atoms with Gasteiger partial charge in [0.1, 0.15) is 6.29 Å². The molecule has 1 aromatic carbocycles. The molecule has 1 rings (SSSR count). The van der Waals surface area contributed by atoms with Gasteiger partial charge in [0.05, 0.1) is 19.3 Å². The topological polar surface area (TPSA) is 75.7 Å². The van der Waals surface area contributed by atoms with E-state index in [1.54, 1.807) is 30.3 Å². The van der Waals surface area contributed by atoms with Gasteiger partial charge in [0.15, 0.2) is 0 Å². The first-order valence-electron chi connectivity index (χ1n) is 4.85. The Morgan fingerprint density at radius 1 is 1.35 bits per heavy atom. The molecule has 6 nitrogen and oxygen atoms in total. The molecule has 3 amide bonds. The maximum absolute atomic E-state index is 11.7. The number of para-hydroxylation sites is 1.